The van der Waals surface area contributed by atoms with E-state index < -0.39 is 5.60 Å². The van der Waals surface area contributed by atoms with Crippen LogP contribution in [0.5, 0.6) is 0 Å². The minimum absolute atomic E-state index is 0.0147. The number of amides is 1. The fraction of sp³-hybridized carbons (Fsp3) is 0.556. The number of hydrogen-bond acceptors (Lipinski definition) is 4. The molecule has 0 bridgehead atoms. The van der Waals surface area contributed by atoms with E-state index in [1.165, 1.54) is 0 Å². The number of aromatic nitrogens is 2. The first-order valence-electron chi connectivity index (χ1n) is 8.42. The third-order valence-corrected chi connectivity index (χ3v) is 5.34. The summed E-state index contributed by atoms with van der Waals surface area (Å²) in [6, 6.07) is 7.92. The minimum Gasteiger partial charge on any atom is -0.388 e. The van der Waals surface area contributed by atoms with E-state index in [0.29, 0.717) is 6.54 Å². The lowest BCUT2D eigenvalue weighted by Gasteiger charge is -2.29. The molecule has 1 N–H and O–H groups in total. The van der Waals surface area contributed by atoms with Crippen LogP contribution >= 0.6 is 11.8 Å². The highest BCUT2D eigenvalue weighted by atomic mass is 32.2. The second-order valence-corrected chi connectivity index (χ2v) is 7.58. The Bertz CT molecular complexity index is 722. The van der Waals surface area contributed by atoms with Crippen molar-refractivity contribution >= 4 is 28.7 Å². The summed E-state index contributed by atoms with van der Waals surface area (Å²) >= 11 is 1.70. The lowest BCUT2D eigenvalue weighted by Crippen LogP contribution is -2.43. The van der Waals surface area contributed by atoms with Crippen molar-refractivity contribution in [1.29, 1.82) is 0 Å². The molecular formula is C18H25N3O2S. The maximum absolute atomic E-state index is 12.7. The maximum Gasteiger partial charge on any atom is 0.242 e. The second-order valence-electron chi connectivity index (χ2n) is 6.72. The van der Waals surface area contributed by atoms with Crippen molar-refractivity contribution in [3.8, 4) is 0 Å². The van der Waals surface area contributed by atoms with Crippen LogP contribution in [-0.2, 0) is 17.1 Å². The van der Waals surface area contributed by atoms with Gasteiger partial charge in [-0.05, 0) is 31.2 Å². The number of aliphatic hydroxyl groups is 1. The number of benzene rings is 1. The van der Waals surface area contributed by atoms with E-state index in [1.54, 1.807) is 23.7 Å². The van der Waals surface area contributed by atoms with E-state index in [1.807, 2.05) is 35.1 Å². The van der Waals surface area contributed by atoms with Gasteiger partial charge in [0, 0.05) is 13.6 Å². The average molecular weight is 347 g/mol. The standard InChI is InChI=1S/C18H25N3O2S/c1-20(13-18(23)9-5-6-10-18)17(22)11-21-15-8-4-3-7-14(15)19-16(21)12-24-2/h3-4,7-8,23H,5-6,9-13H2,1-2H3. The molecule has 1 saturated carbocycles. The van der Waals surface area contributed by atoms with Crippen molar-refractivity contribution in [2.75, 3.05) is 19.8 Å². The topological polar surface area (TPSA) is 58.4 Å². The van der Waals surface area contributed by atoms with Crippen LogP contribution < -0.4 is 0 Å². The van der Waals surface area contributed by atoms with E-state index in [0.717, 1.165) is 48.3 Å². The van der Waals surface area contributed by atoms with E-state index in [9.17, 15) is 9.90 Å². The zero-order valence-corrected chi connectivity index (χ0v) is 15.2. The number of nitrogens with zero attached hydrogens (tertiary/aromatic N) is 3. The van der Waals surface area contributed by atoms with Crippen LogP contribution in [0.2, 0.25) is 0 Å². The van der Waals surface area contributed by atoms with Gasteiger partial charge in [0.1, 0.15) is 12.4 Å². The van der Waals surface area contributed by atoms with Gasteiger partial charge in [-0.2, -0.15) is 11.8 Å². The zero-order valence-electron chi connectivity index (χ0n) is 14.4. The molecule has 6 heteroatoms. The molecule has 0 saturated heterocycles. The van der Waals surface area contributed by atoms with Crippen molar-refractivity contribution < 1.29 is 9.90 Å². The highest BCUT2D eigenvalue weighted by molar-refractivity contribution is 7.97. The predicted octanol–water partition coefficient (Wildman–Crippen LogP) is 2.66. The number of para-hydroxylation sites is 2. The van der Waals surface area contributed by atoms with Gasteiger partial charge in [-0.25, -0.2) is 4.98 Å². The van der Waals surface area contributed by atoms with Crippen LogP contribution in [0.25, 0.3) is 11.0 Å². The SMILES string of the molecule is CSCc1nc2ccccc2n1CC(=O)N(C)CC1(O)CCCC1. The second kappa shape index (κ2) is 7.15. The Morgan fingerprint density at radius 1 is 1.38 bits per heavy atom. The first-order chi connectivity index (χ1) is 11.5. The summed E-state index contributed by atoms with van der Waals surface area (Å²) in [5.74, 6) is 1.71. The molecule has 1 aliphatic rings. The third kappa shape index (κ3) is 3.59. The summed E-state index contributed by atoms with van der Waals surface area (Å²) < 4.78 is 2.00. The van der Waals surface area contributed by atoms with E-state index in [-0.39, 0.29) is 12.5 Å². The molecule has 3 rings (SSSR count). The van der Waals surface area contributed by atoms with Crippen LogP contribution in [0.15, 0.2) is 24.3 Å². The predicted molar refractivity (Wildman–Crippen MR) is 98.0 cm³/mol. The molecule has 130 valence electrons. The molecule has 1 aromatic carbocycles. The summed E-state index contributed by atoms with van der Waals surface area (Å²) in [5.41, 5.74) is 1.21. The molecule has 1 amide bonds. The van der Waals surface area contributed by atoms with Gasteiger partial charge in [0.25, 0.3) is 0 Å². The van der Waals surface area contributed by atoms with Crippen molar-refractivity contribution in [1.82, 2.24) is 14.5 Å². The Labute approximate surface area is 147 Å². The molecule has 1 fully saturated rings. The number of hydrogen-bond donors (Lipinski definition) is 1. The van der Waals surface area contributed by atoms with Crippen LogP contribution in [0, 0.1) is 0 Å². The lowest BCUT2D eigenvalue weighted by atomic mass is 10.0. The summed E-state index contributed by atoms with van der Waals surface area (Å²) in [5, 5.41) is 10.5. The number of fused-ring (bicyclic) bond motifs is 1. The summed E-state index contributed by atoms with van der Waals surface area (Å²) in [7, 11) is 1.78. The fourth-order valence-electron chi connectivity index (χ4n) is 3.52. The largest absolute Gasteiger partial charge is 0.388 e. The van der Waals surface area contributed by atoms with E-state index >= 15 is 0 Å². The van der Waals surface area contributed by atoms with E-state index in [2.05, 4.69) is 4.98 Å². The molecule has 1 aliphatic carbocycles. The lowest BCUT2D eigenvalue weighted by molar-refractivity contribution is -0.133. The van der Waals surface area contributed by atoms with Gasteiger partial charge in [-0.15, -0.1) is 0 Å². The molecule has 2 aromatic rings. The number of imidazole rings is 1. The number of carbonyl (C=O) groups excluding carboxylic acids is 1. The highest BCUT2D eigenvalue weighted by Gasteiger charge is 2.33. The van der Waals surface area contributed by atoms with Gasteiger partial charge < -0.3 is 14.6 Å². The van der Waals surface area contributed by atoms with Crippen molar-refractivity contribution in [2.45, 2.75) is 43.6 Å². The summed E-state index contributed by atoms with van der Waals surface area (Å²) in [6.07, 6.45) is 5.70. The number of likely N-dealkylation sites (N-methyl/N-ethyl adjacent to an activating group) is 1. The first-order valence-corrected chi connectivity index (χ1v) is 9.81. The monoisotopic (exact) mass is 347 g/mol. The Hall–Kier alpha value is -1.53. The van der Waals surface area contributed by atoms with Gasteiger partial charge in [-0.1, -0.05) is 25.0 Å². The number of rotatable bonds is 6. The first kappa shape index (κ1) is 17.3. The van der Waals surface area contributed by atoms with Crippen LogP contribution in [0.1, 0.15) is 31.5 Å². The number of thioether (sulfide) groups is 1. The van der Waals surface area contributed by atoms with Crippen LogP contribution in [0.4, 0.5) is 0 Å². The van der Waals surface area contributed by atoms with Crippen LogP contribution in [0.3, 0.4) is 0 Å². The fourth-order valence-corrected chi connectivity index (χ4v) is 4.00. The Morgan fingerprint density at radius 2 is 2.08 bits per heavy atom. The molecule has 0 atom stereocenters. The Morgan fingerprint density at radius 3 is 2.79 bits per heavy atom. The van der Waals surface area contributed by atoms with Crippen molar-refractivity contribution in [2.24, 2.45) is 0 Å². The minimum atomic E-state index is -0.705. The van der Waals surface area contributed by atoms with Gasteiger partial charge in [0.2, 0.25) is 5.91 Å². The molecule has 5 nitrogen and oxygen atoms in total. The summed E-state index contributed by atoms with van der Waals surface area (Å²) in [4.78, 5) is 19.0. The smallest absolute Gasteiger partial charge is 0.242 e. The van der Waals surface area contributed by atoms with Crippen molar-refractivity contribution in [3.05, 3.63) is 30.1 Å². The summed E-state index contributed by atoms with van der Waals surface area (Å²) in [6.45, 7) is 0.680. The van der Waals surface area contributed by atoms with Gasteiger partial charge >= 0.3 is 0 Å². The Kier molecular flexibility index (Phi) is 5.15. The molecule has 0 radical (unpaired) electrons. The molecule has 24 heavy (non-hydrogen) atoms. The third-order valence-electron chi connectivity index (χ3n) is 4.79. The highest BCUT2D eigenvalue weighted by Crippen LogP contribution is 2.30. The molecular weight excluding hydrogens is 322 g/mol. The molecule has 0 unspecified atom stereocenters. The quantitative estimate of drug-likeness (QED) is 0.873. The van der Waals surface area contributed by atoms with E-state index in [4.69, 9.17) is 0 Å². The Balaban J connectivity index is 1.78. The van der Waals surface area contributed by atoms with Crippen LogP contribution in [-0.4, -0.2) is 50.9 Å². The maximum atomic E-state index is 12.7. The van der Waals surface area contributed by atoms with Gasteiger partial charge in [0.05, 0.1) is 22.4 Å². The average Bonchev–Trinajstić information content (AvgIpc) is 3.12. The zero-order chi connectivity index (χ0) is 17.2. The molecule has 1 heterocycles. The molecule has 0 spiro atoms. The molecule has 0 aliphatic heterocycles. The molecule has 1 aromatic heterocycles. The van der Waals surface area contributed by atoms with Gasteiger partial charge in [-0.3, -0.25) is 4.79 Å². The number of carbonyl (C=O) groups is 1. The van der Waals surface area contributed by atoms with Gasteiger partial charge in [0.15, 0.2) is 0 Å². The van der Waals surface area contributed by atoms with Crippen molar-refractivity contribution in [3.63, 3.8) is 0 Å². The normalized spacial score (nSPS) is 16.6.